The van der Waals surface area contributed by atoms with Crippen LogP contribution in [0.2, 0.25) is 0 Å². The standard InChI is InChI=1S/C12H24N2O4S/c1-2-9-19(17,18)10-8-13-4-3-5-14(7-6-13)11-12(15)16/h2-11H2,1H3,(H,15,16). The summed E-state index contributed by atoms with van der Waals surface area (Å²) in [5.74, 6) is -0.342. The number of carbonyl (C=O) groups is 1. The molecule has 1 rings (SSSR count). The third-order valence-electron chi connectivity index (χ3n) is 3.27. The van der Waals surface area contributed by atoms with Crippen LogP contribution < -0.4 is 0 Å². The summed E-state index contributed by atoms with van der Waals surface area (Å²) in [7, 11) is -2.92. The van der Waals surface area contributed by atoms with E-state index in [0.717, 1.165) is 26.1 Å². The topological polar surface area (TPSA) is 77.9 Å². The monoisotopic (exact) mass is 292 g/mol. The maximum atomic E-state index is 11.7. The average molecular weight is 292 g/mol. The van der Waals surface area contributed by atoms with Crippen LogP contribution in [0.15, 0.2) is 0 Å². The second kappa shape index (κ2) is 7.81. The first kappa shape index (κ1) is 16.4. The molecule has 112 valence electrons. The lowest BCUT2D eigenvalue weighted by Crippen LogP contribution is -2.35. The molecule has 1 aliphatic rings. The maximum absolute atomic E-state index is 11.7. The molecule has 0 aliphatic carbocycles. The maximum Gasteiger partial charge on any atom is 0.317 e. The highest BCUT2D eigenvalue weighted by Crippen LogP contribution is 2.04. The Morgan fingerprint density at radius 2 is 1.74 bits per heavy atom. The van der Waals surface area contributed by atoms with Gasteiger partial charge in [-0.15, -0.1) is 0 Å². The molecule has 0 unspecified atom stereocenters. The van der Waals surface area contributed by atoms with Gasteiger partial charge in [-0.05, 0) is 19.4 Å². The van der Waals surface area contributed by atoms with Gasteiger partial charge < -0.3 is 10.0 Å². The molecular weight excluding hydrogens is 268 g/mol. The highest BCUT2D eigenvalue weighted by molar-refractivity contribution is 7.91. The van der Waals surface area contributed by atoms with Crippen molar-refractivity contribution >= 4 is 15.8 Å². The lowest BCUT2D eigenvalue weighted by Gasteiger charge is -2.20. The molecule has 0 amide bonds. The number of rotatable bonds is 7. The number of aliphatic carboxylic acids is 1. The summed E-state index contributed by atoms with van der Waals surface area (Å²) >= 11 is 0. The predicted molar refractivity (Wildman–Crippen MR) is 74.1 cm³/mol. The lowest BCUT2D eigenvalue weighted by molar-refractivity contribution is -0.138. The van der Waals surface area contributed by atoms with E-state index in [1.165, 1.54) is 0 Å². The molecule has 0 aromatic rings. The first-order valence-electron chi connectivity index (χ1n) is 6.80. The second-order valence-electron chi connectivity index (χ2n) is 5.02. The van der Waals surface area contributed by atoms with E-state index in [0.29, 0.717) is 19.5 Å². The molecule has 1 saturated heterocycles. The quantitative estimate of drug-likeness (QED) is 0.706. The second-order valence-corrected chi connectivity index (χ2v) is 7.32. The number of hydrogen-bond acceptors (Lipinski definition) is 5. The fraction of sp³-hybridized carbons (Fsp3) is 0.917. The van der Waals surface area contributed by atoms with Crippen LogP contribution in [-0.4, -0.2) is 80.1 Å². The summed E-state index contributed by atoms with van der Waals surface area (Å²) in [4.78, 5) is 14.7. The molecular formula is C12H24N2O4S. The number of sulfone groups is 1. The van der Waals surface area contributed by atoms with Gasteiger partial charge in [0.25, 0.3) is 0 Å². The Balaban J connectivity index is 2.35. The summed E-state index contributed by atoms with van der Waals surface area (Å²) in [5, 5.41) is 8.76. The zero-order valence-electron chi connectivity index (χ0n) is 11.5. The van der Waals surface area contributed by atoms with Crippen molar-refractivity contribution in [1.82, 2.24) is 9.80 Å². The Hall–Kier alpha value is -0.660. The summed E-state index contributed by atoms with van der Waals surface area (Å²) < 4.78 is 23.3. The molecule has 6 nitrogen and oxygen atoms in total. The number of carboxylic acid groups (broad SMARTS) is 1. The minimum absolute atomic E-state index is 0.0714. The van der Waals surface area contributed by atoms with E-state index < -0.39 is 15.8 Å². The fourth-order valence-corrected chi connectivity index (χ4v) is 3.64. The molecule has 0 atom stereocenters. The summed E-state index contributed by atoms with van der Waals surface area (Å²) in [5.41, 5.74) is 0. The van der Waals surface area contributed by atoms with Crippen LogP contribution in [0.3, 0.4) is 0 Å². The Morgan fingerprint density at radius 1 is 1.11 bits per heavy atom. The number of hydrogen-bond donors (Lipinski definition) is 1. The first-order chi connectivity index (χ1) is 8.93. The summed E-state index contributed by atoms with van der Waals surface area (Å²) in [6, 6.07) is 0. The molecule has 1 aliphatic heterocycles. The molecule has 0 radical (unpaired) electrons. The van der Waals surface area contributed by atoms with Crippen molar-refractivity contribution in [2.75, 3.05) is 50.8 Å². The SMILES string of the molecule is CCCS(=O)(=O)CCN1CCCN(CC(=O)O)CC1. The molecule has 0 bridgehead atoms. The lowest BCUT2D eigenvalue weighted by atomic mass is 10.4. The molecule has 0 spiro atoms. The number of carboxylic acids is 1. The van der Waals surface area contributed by atoms with Crippen molar-refractivity contribution in [2.45, 2.75) is 19.8 Å². The predicted octanol–water partition coefficient (Wildman–Crippen LogP) is -0.0965. The van der Waals surface area contributed by atoms with Gasteiger partial charge in [-0.3, -0.25) is 9.69 Å². The van der Waals surface area contributed by atoms with Gasteiger partial charge in [-0.1, -0.05) is 6.92 Å². The van der Waals surface area contributed by atoms with Crippen LogP contribution in [-0.2, 0) is 14.6 Å². The largest absolute Gasteiger partial charge is 0.480 e. The minimum atomic E-state index is -2.92. The van der Waals surface area contributed by atoms with Crippen molar-refractivity contribution < 1.29 is 18.3 Å². The van der Waals surface area contributed by atoms with Gasteiger partial charge in [0.1, 0.15) is 0 Å². The Kier molecular flexibility index (Phi) is 6.74. The van der Waals surface area contributed by atoms with Gasteiger partial charge in [-0.25, -0.2) is 8.42 Å². The molecule has 1 fully saturated rings. The third-order valence-corrected chi connectivity index (χ3v) is 5.11. The van der Waals surface area contributed by atoms with E-state index in [-0.39, 0.29) is 18.1 Å². The number of nitrogens with zero attached hydrogens (tertiary/aromatic N) is 2. The summed E-state index contributed by atoms with van der Waals surface area (Å²) in [6.45, 7) is 5.55. The molecule has 19 heavy (non-hydrogen) atoms. The van der Waals surface area contributed by atoms with E-state index in [1.54, 1.807) is 0 Å². The van der Waals surface area contributed by atoms with Crippen molar-refractivity contribution in [3.8, 4) is 0 Å². The van der Waals surface area contributed by atoms with Crippen LogP contribution in [0, 0.1) is 0 Å². The fourth-order valence-electron chi connectivity index (χ4n) is 2.28. The van der Waals surface area contributed by atoms with Gasteiger partial charge in [0.05, 0.1) is 12.3 Å². The van der Waals surface area contributed by atoms with Crippen molar-refractivity contribution in [3.63, 3.8) is 0 Å². The van der Waals surface area contributed by atoms with Crippen LogP contribution in [0.25, 0.3) is 0 Å². The van der Waals surface area contributed by atoms with E-state index in [1.807, 2.05) is 11.8 Å². The van der Waals surface area contributed by atoms with Crippen LogP contribution in [0.5, 0.6) is 0 Å². The van der Waals surface area contributed by atoms with Gasteiger partial charge >= 0.3 is 5.97 Å². The molecule has 0 aromatic carbocycles. The Labute approximate surface area is 115 Å². The van der Waals surface area contributed by atoms with E-state index in [2.05, 4.69) is 4.90 Å². The van der Waals surface area contributed by atoms with Gasteiger partial charge in [0, 0.05) is 31.9 Å². The minimum Gasteiger partial charge on any atom is -0.480 e. The van der Waals surface area contributed by atoms with E-state index >= 15 is 0 Å². The zero-order chi connectivity index (χ0) is 14.3. The third kappa shape index (κ3) is 6.89. The van der Waals surface area contributed by atoms with Gasteiger partial charge in [0.2, 0.25) is 0 Å². The Morgan fingerprint density at radius 3 is 2.37 bits per heavy atom. The van der Waals surface area contributed by atoms with E-state index in [9.17, 15) is 13.2 Å². The van der Waals surface area contributed by atoms with Crippen molar-refractivity contribution in [3.05, 3.63) is 0 Å². The smallest absolute Gasteiger partial charge is 0.317 e. The van der Waals surface area contributed by atoms with Crippen LogP contribution in [0.1, 0.15) is 19.8 Å². The summed E-state index contributed by atoms with van der Waals surface area (Å²) in [6.07, 6.45) is 1.55. The highest BCUT2D eigenvalue weighted by Gasteiger charge is 2.18. The molecule has 1 heterocycles. The highest BCUT2D eigenvalue weighted by atomic mass is 32.2. The normalized spacial score (nSPS) is 19.2. The molecule has 0 aromatic heterocycles. The zero-order valence-corrected chi connectivity index (χ0v) is 12.4. The average Bonchev–Trinajstić information content (AvgIpc) is 2.51. The van der Waals surface area contributed by atoms with Crippen LogP contribution >= 0.6 is 0 Å². The Bertz CT molecular complexity index is 383. The van der Waals surface area contributed by atoms with E-state index in [4.69, 9.17) is 5.11 Å². The molecule has 0 saturated carbocycles. The van der Waals surface area contributed by atoms with Gasteiger partial charge in [-0.2, -0.15) is 0 Å². The molecule has 1 N–H and O–H groups in total. The molecule has 7 heteroatoms. The van der Waals surface area contributed by atoms with Crippen LogP contribution in [0.4, 0.5) is 0 Å². The first-order valence-corrected chi connectivity index (χ1v) is 8.62. The van der Waals surface area contributed by atoms with Crippen molar-refractivity contribution in [2.24, 2.45) is 0 Å². The van der Waals surface area contributed by atoms with Crippen molar-refractivity contribution in [1.29, 1.82) is 0 Å². The van der Waals surface area contributed by atoms with Gasteiger partial charge in [0.15, 0.2) is 9.84 Å².